The first-order chi connectivity index (χ1) is 12.2. The summed E-state index contributed by atoms with van der Waals surface area (Å²) in [4.78, 5) is 19.0. The lowest BCUT2D eigenvalue weighted by molar-refractivity contribution is 0.00211. The minimum atomic E-state index is 0.0698. The van der Waals surface area contributed by atoms with Gasteiger partial charge in [-0.25, -0.2) is 0 Å². The molecule has 1 aliphatic heterocycles. The number of hydrogen-bond acceptors (Lipinski definition) is 3. The van der Waals surface area contributed by atoms with Gasteiger partial charge in [-0.2, -0.15) is 0 Å². The predicted octanol–water partition coefficient (Wildman–Crippen LogP) is 4.43. The first kappa shape index (κ1) is 17.9. The molecule has 2 heterocycles. The molecule has 5 heteroatoms. The van der Waals surface area contributed by atoms with Gasteiger partial charge in [-0.15, -0.1) is 0 Å². The van der Waals surface area contributed by atoms with Crippen molar-refractivity contribution >= 4 is 17.5 Å². The molecule has 132 valence electrons. The van der Waals surface area contributed by atoms with Crippen molar-refractivity contribution in [1.29, 1.82) is 0 Å². The zero-order valence-corrected chi connectivity index (χ0v) is 15.2. The molecule has 1 saturated heterocycles. The van der Waals surface area contributed by atoms with E-state index in [0.29, 0.717) is 17.1 Å². The van der Waals surface area contributed by atoms with E-state index in [9.17, 15) is 4.79 Å². The number of ether oxygens (including phenoxy) is 1. The molecule has 1 aromatic carbocycles. The molecule has 0 radical (unpaired) electrons. The van der Waals surface area contributed by atoms with Crippen LogP contribution in [0.5, 0.6) is 0 Å². The van der Waals surface area contributed by atoms with Crippen molar-refractivity contribution in [1.82, 2.24) is 9.88 Å². The van der Waals surface area contributed by atoms with Gasteiger partial charge < -0.3 is 9.64 Å². The van der Waals surface area contributed by atoms with E-state index in [1.54, 1.807) is 6.20 Å². The SMILES string of the molecule is CCCO[C@H]1CCCN(C(=O)c2ccc(-c3ccc(Cl)cn3)cc2)C1. The standard InChI is InChI=1S/C20H23ClN2O2/c1-2-12-25-18-4-3-11-23(14-18)20(24)16-7-5-15(6-8-16)19-10-9-17(21)13-22-19/h5-10,13,18H,2-4,11-12,14H2,1H3/t18-/m0/s1. The quantitative estimate of drug-likeness (QED) is 0.793. The highest BCUT2D eigenvalue weighted by Crippen LogP contribution is 2.21. The van der Waals surface area contributed by atoms with E-state index in [2.05, 4.69) is 11.9 Å². The van der Waals surface area contributed by atoms with E-state index >= 15 is 0 Å². The highest BCUT2D eigenvalue weighted by atomic mass is 35.5. The molecule has 1 aromatic heterocycles. The summed E-state index contributed by atoms with van der Waals surface area (Å²) < 4.78 is 5.82. The Morgan fingerprint density at radius 1 is 1.28 bits per heavy atom. The number of piperidine rings is 1. The lowest BCUT2D eigenvalue weighted by Crippen LogP contribution is -2.43. The maximum absolute atomic E-state index is 12.7. The largest absolute Gasteiger partial charge is 0.376 e. The van der Waals surface area contributed by atoms with Gasteiger partial charge in [-0.3, -0.25) is 9.78 Å². The van der Waals surface area contributed by atoms with Crippen LogP contribution in [0.3, 0.4) is 0 Å². The van der Waals surface area contributed by atoms with Crippen molar-refractivity contribution in [3.8, 4) is 11.3 Å². The first-order valence-corrected chi connectivity index (χ1v) is 9.18. The Kier molecular flexibility index (Phi) is 6.05. The molecule has 0 saturated carbocycles. The summed E-state index contributed by atoms with van der Waals surface area (Å²) in [6.07, 6.45) is 4.82. The molecule has 1 aliphatic rings. The number of likely N-dealkylation sites (tertiary alicyclic amines) is 1. The van der Waals surface area contributed by atoms with Gasteiger partial charge in [0.25, 0.3) is 5.91 Å². The summed E-state index contributed by atoms with van der Waals surface area (Å²) in [5, 5.41) is 0.612. The molecule has 1 amide bonds. The van der Waals surface area contributed by atoms with Gasteiger partial charge in [-0.05, 0) is 43.5 Å². The maximum atomic E-state index is 12.7. The van der Waals surface area contributed by atoms with Crippen LogP contribution in [0.4, 0.5) is 0 Å². The second-order valence-corrected chi connectivity index (χ2v) is 6.76. The third kappa shape index (κ3) is 4.59. The minimum Gasteiger partial charge on any atom is -0.376 e. The van der Waals surface area contributed by atoms with Crippen LogP contribution >= 0.6 is 11.6 Å². The van der Waals surface area contributed by atoms with Crippen molar-refractivity contribution in [3.63, 3.8) is 0 Å². The van der Waals surface area contributed by atoms with E-state index in [-0.39, 0.29) is 12.0 Å². The molecule has 4 nitrogen and oxygen atoms in total. The number of pyridine rings is 1. The van der Waals surface area contributed by atoms with Crippen LogP contribution in [-0.2, 0) is 4.74 Å². The highest BCUT2D eigenvalue weighted by molar-refractivity contribution is 6.30. The number of aromatic nitrogens is 1. The first-order valence-electron chi connectivity index (χ1n) is 8.80. The lowest BCUT2D eigenvalue weighted by atomic mass is 10.0. The molecular weight excluding hydrogens is 336 g/mol. The fourth-order valence-corrected chi connectivity index (χ4v) is 3.17. The zero-order valence-electron chi connectivity index (χ0n) is 14.5. The molecule has 0 aliphatic carbocycles. The van der Waals surface area contributed by atoms with Gasteiger partial charge in [0.2, 0.25) is 0 Å². The van der Waals surface area contributed by atoms with Crippen molar-refractivity contribution in [2.45, 2.75) is 32.3 Å². The highest BCUT2D eigenvalue weighted by Gasteiger charge is 2.24. The molecule has 0 N–H and O–H groups in total. The van der Waals surface area contributed by atoms with Crippen molar-refractivity contribution in [2.75, 3.05) is 19.7 Å². The Morgan fingerprint density at radius 2 is 2.08 bits per heavy atom. The Bertz CT molecular complexity index is 701. The zero-order chi connectivity index (χ0) is 17.6. The summed E-state index contributed by atoms with van der Waals surface area (Å²) in [5.74, 6) is 0.0698. The summed E-state index contributed by atoms with van der Waals surface area (Å²) in [6, 6.07) is 11.3. The summed E-state index contributed by atoms with van der Waals surface area (Å²) >= 11 is 5.87. The van der Waals surface area contributed by atoms with Crippen LogP contribution in [0.1, 0.15) is 36.5 Å². The van der Waals surface area contributed by atoms with Gasteiger partial charge in [0.15, 0.2) is 0 Å². The number of amides is 1. The Balaban J connectivity index is 1.67. The van der Waals surface area contributed by atoms with Crippen molar-refractivity contribution < 1.29 is 9.53 Å². The Hall–Kier alpha value is -1.91. The molecular formula is C20H23ClN2O2. The van der Waals surface area contributed by atoms with Gasteiger partial charge >= 0.3 is 0 Å². The number of rotatable bonds is 5. The summed E-state index contributed by atoms with van der Waals surface area (Å²) in [7, 11) is 0. The number of halogens is 1. The van der Waals surface area contributed by atoms with Crippen LogP contribution in [0.25, 0.3) is 11.3 Å². The molecule has 3 rings (SSSR count). The smallest absolute Gasteiger partial charge is 0.253 e. The van der Waals surface area contributed by atoms with E-state index in [1.807, 2.05) is 41.3 Å². The molecule has 0 unspecified atom stereocenters. The average molecular weight is 359 g/mol. The van der Waals surface area contributed by atoms with Crippen LogP contribution in [0.2, 0.25) is 5.02 Å². The molecule has 25 heavy (non-hydrogen) atoms. The molecule has 1 atom stereocenters. The predicted molar refractivity (Wildman–Crippen MR) is 99.9 cm³/mol. The summed E-state index contributed by atoms with van der Waals surface area (Å²) in [5.41, 5.74) is 2.51. The molecule has 2 aromatic rings. The monoisotopic (exact) mass is 358 g/mol. The number of nitrogens with zero attached hydrogens (tertiary/aromatic N) is 2. The van der Waals surface area contributed by atoms with E-state index in [4.69, 9.17) is 16.3 Å². The third-order valence-corrected chi connectivity index (χ3v) is 4.60. The van der Waals surface area contributed by atoms with E-state index in [0.717, 1.165) is 43.7 Å². The fourth-order valence-electron chi connectivity index (χ4n) is 3.06. The lowest BCUT2D eigenvalue weighted by Gasteiger charge is -2.32. The van der Waals surface area contributed by atoms with Crippen LogP contribution in [-0.4, -0.2) is 41.6 Å². The van der Waals surface area contributed by atoms with Gasteiger partial charge in [-0.1, -0.05) is 30.7 Å². The fraction of sp³-hybridized carbons (Fsp3) is 0.400. The number of carbonyl (C=O) groups is 1. The normalized spacial score (nSPS) is 17.5. The second-order valence-electron chi connectivity index (χ2n) is 6.33. The topological polar surface area (TPSA) is 42.4 Å². The van der Waals surface area contributed by atoms with Gasteiger partial charge in [0.05, 0.1) is 16.8 Å². The number of hydrogen-bond donors (Lipinski definition) is 0. The van der Waals surface area contributed by atoms with Gasteiger partial charge in [0.1, 0.15) is 0 Å². The van der Waals surface area contributed by atoms with E-state index in [1.165, 1.54) is 0 Å². The molecule has 0 bridgehead atoms. The van der Waals surface area contributed by atoms with Crippen molar-refractivity contribution in [3.05, 3.63) is 53.2 Å². The maximum Gasteiger partial charge on any atom is 0.253 e. The van der Waals surface area contributed by atoms with Crippen LogP contribution < -0.4 is 0 Å². The Labute approximate surface area is 153 Å². The van der Waals surface area contributed by atoms with Gasteiger partial charge in [0, 0.05) is 37.0 Å². The van der Waals surface area contributed by atoms with Crippen molar-refractivity contribution in [2.24, 2.45) is 0 Å². The van der Waals surface area contributed by atoms with E-state index < -0.39 is 0 Å². The third-order valence-electron chi connectivity index (χ3n) is 4.38. The second kappa shape index (κ2) is 8.45. The van der Waals surface area contributed by atoms with Crippen LogP contribution in [0, 0.1) is 0 Å². The average Bonchev–Trinajstić information content (AvgIpc) is 2.67. The number of benzene rings is 1. The van der Waals surface area contributed by atoms with Crippen LogP contribution in [0.15, 0.2) is 42.6 Å². The summed E-state index contributed by atoms with van der Waals surface area (Å²) in [6.45, 7) is 4.34. The minimum absolute atomic E-state index is 0.0698. The molecule has 0 spiro atoms. The number of carbonyl (C=O) groups excluding carboxylic acids is 1. The molecule has 1 fully saturated rings. The Morgan fingerprint density at radius 3 is 2.76 bits per heavy atom.